The summed E-state index contributed by atoms with van der Waals surface area (Å²) in [6.45, 7) is 3.00. The van der Waals surface area contributed by atoms with Gasteiger partial charge in [0.25, 0.3) is 0 Å². The zero-order valence-corrected chi connectivity index (χ0v) is 12.6. The van der Waals surface area contributed by atoms with E-state index in [1.807, 2.05) is 6.92 Å². The molecule has 3 heterocycles. The summed E-state index contributed by atoms with van der Waals surface area (Å²) in [6, 6.07) is 1.59. The molecule has 0 aromatic carbocycles. The van der Waals surface area contributed by atoms with Crippen molar-refractivity contribution in [3.63, 3.8) is 0 Å². The molecule has 5 heteroatoms. The van der Waals surface area contributed by atoms with Crippen LogP contribution in [-0.2, 0) is 0 Å². The van der Waals surface area contributed by atoms with Crippen molar-refractivity contribution in [2.45, 2.75) is 44.7 Å². The van der Waals surface area contributed by atoms with E-state index in [-0.39, 0.29) is 0 Å². The highest BCUT2D eigenvalue weighted by atomic mass is 16.5. The van der Waals surface area contributed by atoms with Gasteiger partial charge in [-0.3, -0.25) is 0 Å². The average molecular weight is 276 g/mol. The zero-order chi connectivity index (χ0) is 14.1. The van der Waals surface area contributed by atoms with Crippen LogP contribution in [0.5, 0.6) is 5.88 Å². The summed E-state index contributed by atoms with van der Waals surface area (Å²) in [5, 5.41) is 3.49. The molecule has 110 valence electrons. The van der Waals surface area contributed by atoms with E-state index in [2.05, 4.69) is 27.2 Å². The second-order valence-electron chi connectivity index (χ2n) is 6.13. The molecule has 2 unspecified atom stereocenters. The molecule has 0 aliphatic carbocycles. The predicted octanol–water partition coefficient (Wildman–Crippen LogP) is 2.08. The van der Waals surface area contributed by atoms with E-state index in [1.54, 1.807) is 13.4 Å². The van der Waals surface area contributed by atoms with Gasteiger partial charge in [0.15, 0.2) is 0 Å². The van der Waals surface area contributed by atoms with Crippen LogP contribution in [0.2, 0.25) is 0 Å². The molecule has 0 saturated carbocycles. The number of piperidine rings is 1. The van der Waals surface area contributed by atoms with Crippen molar-refractivity contribution in [2.24, 2.45) is 5.92 Å². The van der Waals surface area contributed by atoms with Gasteiger partial charge in [0.1, 0.15) is 12.1 Å². The Labute approximate surface area is 120 Å². The number of ether oxygens (including phenoxy) is 1. The van der Waals surface area contributed by atoms with Gasteiger partial charge in [-0.25, -0.2) is 9.97 Å². The molecule has 2 atom stereocenters. The van der Waals surface area contributed by atoms with Crippen LogP contribution in [0.4, 0.5) is 5.82 Å². The Morgan fingerprint density at radius 2 is 2.00 bits per heavy atom. The lowest BCUT2D eigenvalue weighted by atomic mass is 9.91. The first kappa shape index (κ1) is 13.6. The van der Waals surface area contributed by atoms with Crippen molar-refractivity contribution >= 4 is 5.82 Å². The maximum atomic E-state index is 5.24. The van der Waals surface area contributed by atoms with Crippen molar-refractivity contribution in [1.29, 1.82) is 0 Å². The number of rotatable bonds is 4. The maximum absolute atomic E-state index is 5.24. The molecule has 2 saturated heterocycles. The highest BCUT2D eigenvalue weighted by Crippen LogP contribution is 2.37. The van der Waals surface area contributed by atoms with Crippen molar-refractivity contribution in [2.75, 3.05) is 26.0 Å². The fourth-order valence-corrected chi connectivity index (χ4v) is 3.75. The van der Waals surface area contributed by atoms with Gasteiger partial charge >= 0.3 is 0 Å². The molecule has 0 amide bonds. The number of hydrogen-bond acceptors (Lipinski definition) is 5. The fourth-order valence-electron chi connectivity index (χ4n) is 3.75. The number of methoxy groups -OCH3 is 1. The van der Waals surface area contributed by atoms with Gasteiger partial charge in [-0.2, -0.15) is 0 Å². The SMILES string of the molecule is COc1ncnc(NCC2CC3CCC(C2)N3C)c1C. The highest BCUT2D eigenvalue weighted by Gasteiger charge is 2.38. The second-order valence-corrected chi connectivity index (χ2v) is 6.13. The van der Waals surface area contributed by atoms with Crippen LogP contribution in [0, 0.1) is 12.8 Å². The van der Waals surface area contributed by atoms with Crippen LogP contribution in [0.1, 0.15) is 31.2 Å². The lowest BCUT2D eigenvalue weighted by molar-refractivity contribution is 0.139. The monoisotopic (exact) mass is 276 g/mol. The molecule has 2 aliphatic rings. The Morgan fingerprint density at radius 1 is 1.30 bits per heavy atom. The van der Waals surface area contributed by atoms with E-state index >= 15 is 0 Å². The van der Waals surface area contributed by atoms with Crippen LogP contribution in [0.15, 0.2) is 6.33 Å². The summed E-state index contributed by atoms with van der Waals surface area (Å²) in [5.74, 6) is 2.32. The van der Waals surface area contributed by atoms with E-state index in [4.69, 9.17) is 4.74 Å². The molecular weight excluding hydrogens is 252 g/mol. The van der Waals surface area contributed by atoms with Crippen LogP contribution in [0.25, 0.3) is 0 Å². The third-order valence-electron chi connectivity index (χ3n) is 4.99. The molecule has 0 spiro atoms. The molecule has 2 bridgehead atoms. The van der Waals surface area contributed by atoms with E-state index in [9.17, 15) is 0 Å². The molecule has 2 fully saturated rings. The molecule has 3 rings (SSSR count). The predicted molar refractivity (Wildman–Crippen MR) is 79.1 cm³/mol. The standard InChI is InChI=1S/C15H24N4O/c1-10-14(17-9-18-15(10)20-3)16-8-11-6-12-4-5-13(7-11)19(12)2/h9,11-13H,4-8H2,1-3H3,(H,16,17,18). The number of nitrogens with zero attached hydrogens (tertiary/aromatic N) is 3. The molecule has 5 nitrogen and oxygen atoms in total. The number of hydrogen-bond donors (Lipinski definition) is 1. The number of anilines is 1. The van der Waals surface area contributed by atoms with Gasteiger partial charge in [-0.1, -0.05) is 0 Å². The van der Waals surface area contributed by atoms with Gasteiger partial charge < -0.3 is 15.0 Å². The highest BCUT2D eigenvalue weighted by molar-refractivity contribution is 5.47. The summed E-state index contributed by atoms with van der Waals surface area (Å²) >= 11 is 0. The minimum atomic E-state index is 0.658. The van der Waals surface area contributed by atoms with Crippen molar-refractivity contribution in [3.8, 4) is 5.88 Å². The Kier molecular flexibility index (Phi) is 3.78. The number of aromatic nitrogens is 2. The summed E-state index contributed by atoms with van der Waals surface area (Å²) in [5.41, 5.74) is 0.992. The molecule has 1 N–H and O–H groups in total. The Morgan fingerprint density at radius 3 is 2.65 bits per heavy atom. The smallest absolute Gasteiger partial charge is 0.221 e. The average Bonchev–Trinajstić information content (AvgIpc) is 2.67. The van der Waals surface area contributed by atoms with Crippen LogP contribution in [0.3, 0.4) is 0 Å². The summed E-state index contributed by atoms with van der Waals surface area (Å²) < 4.78 is 5.24. The van der Waals surface area contributed by atoms with E-state index in [0.717, 1.165) is 35.9 Å². The van der Waals surface area contributed by atoms with Gasteiger partial charge in [0.05, 0.1) is 12.7 Å². The normalized spacial score (nSPS) is 29.4. The largest absolute Gasteiger partial charge is 0.481 e. The molecule has 1 aromatic heterocycles. The first-order valence-corrected chi connectivity index (χ1v) is 7.50. The van der Waals surface area contributed by atoms with Gasteiger partial charge in [0.2, 0.25) is 5.88 Å². The lowest BCUT2D eigenvalue weighted by Crippen LogP contribution is -2.41. The van der Waals surface area contributed by atoms with Gasteiger partial charge in [0, 0.05) is 18.6 Å². The zero-order valence-electron chi connectivity index (χ0n) is 12.6. The number of fused-ring (bicyclic) bond motifs is 2. The molecule has 2 aliphatic heterocycles. The van der Waals surface area contributed by atoms with E-state index in [1.165, 1.54) is 25.7 Å². The second kappa shape index (κ2) is 5.56. The molecule has 20 heavy (non-hydrogen) atoms. The first-order valence-electron chi connectivity index (χ1n) is 7.50. The van der Waals surface area contributed by atoms with Crippen molar-refractivity contribution < 1.29 is 4.74 Å². The summed E-state index contributed by atoms with van der Waals surface area (Å²) in [7, 11) is 3.93. The van der Waals surface area contributed by atoms with Gasteiger partial charge in [-0.05, 0) is 45.6 Å². The number of nitrogens with one attached hydrogen (secondary N) is 1. The fraction of sp³-hybridized carbons (Fsp3) is 0.733. The third kappa shape index (κ3) is 2.46. The third-order valence-corrected chi connectivity index (χ3v) is 4.99. The Hall–Kier alpha value is -1.36. The first-order chi connectivity index (χ1) is 9.69. The van der Waals surface area contributed by atoms with Crippen LogP contribution >= 0.6 is 0 Å². The quantitative estimate of drug-likeness (QED) is 0.912. The molecule has 1 aromatic rings. The van der Waals surface area contributed by atoms with Crippen molar-refractivity contribution in [1.82, 2.24) is 14.9 Å². The van der Waals surface area contributed by atoms with Crippen molar-refractivity contribution in [3.05, 3.63) is 11.9 Å². The Balaban J connectivity index is 1.60. The topological polar surface area (TPSA) is 50.3 Å². The van der Waals surface area contributed by atoms with Crippen LogP contribution < -0.4 is 10.1 Å². The van der Waals surface area contributed by atoms with Gasteiger partial charge in [-0.15, -0.1) is 0 Å². The minimum absolute atomic E-state index is 0.658. The van der Waals surface area contributed by atoms with E-state index < -0.39 is 0 Å². The Bertz CT molecular complexity index is 465. The van der Waals surface area contributed by atoms with E-state index in [0.29, 0.717) is 5.88 Å². The molecule has 0 radical (unpaired) electrons. The molecular formula is C15H24N4O. The van der Waals surface area contributed by atoms with Crippen LogP contribution in [-0.4, -0.2) is 47.7 Å². The maximum Gasteiger partial charge on any atom is 0.221 e. The summed E-state index contributed by atoms with van der Waals surface area (Å²) in [4.78, 5) is 11.0. The minimum Gasteiger partial charge on any atom is -0.481 e. The lowest BCUT2D eigenvalue weighted by Gasteiger charge is -2.36. The summed E-state index contributed by atoms with van der Waals surface area (Å²) in [6.07, 6.45) is 6.92.